The molecule has 3 aliphatic rings. The fourth-order valence-electron chi connectivity index (χ4n) is 4.21. The molecule has 19 heavy (non-hydrogen) atoms. The first kappa shape index (κ1) is 13.7. The van der Waals surface area contributed by atoms with Gasteiger partial charge >= 0.3 is 0 Å². The molecule has 4 unspecified atom stereocenters. The monoisotopic (exact) mass is 282 g/mol. The maximum atomic E-state index is 12.7. The zero-order valence-electron chi connectivity index (χ0n) is 11.9. The summed E-state index contributed by atoms with van der Waals surface area (Å²) < 4.78 is 0. The predicted octanol–water partition coefficient (Wildman–Crippen LogP) is 2.26. The molecule has 0 spiro atoms. The van der Waals surface area contributed by atoms with Gasteiger partial charge in [0, 0.05) is 42.6 Å². The van der Waals surface area contributed by atoms with Crippen molar-refractivity contribution in [3.05, 3.63) is 0 Å². The molecular formula is C15H26N2OS. The number of rotatable bonds is 2. The van der Waals surface area contributed by atoms with Gasteiger partial charge < -0.3 is 10.2 Å². The lowest BCUT2D eigenvalue weighted by Gasteiger charge is -2.34. The summed E-state index contributed by atoms with van der Waals surface area (Å²) >= 11 is 1.98. The molecule has 0 aromatic rings. The number of likely N-dealkylation sites (tertiary alicyclic amines) is 1. The minimum Gasteiger partial charge on any atom is -0.337 e. The Morgan fingerprint density at radius 1 is 1.37 bits per heavy atom. The number of hydrogen-bond acceptors (Lipinski definition) is 3. The summed E-state index contributed by atoms with van der Waals surface area (Å²) in [4.78, 5) is 14.9. The van der Waals surface area contributed by atoms with E-state index in [9.17, 15) is 4.79 Å². The Kier molecular flexibility index (Phi) is 4.37. The minimum atomic E-state index is 0.404. The second-order valence-corrected chi connectivity index (χ2v) is 7.58. The minimum absolute atomic E-state index is 0.404. The van der Waals surface area contributed by atoms with Crippen LogP contribution in [-0.2, 0) is 4.79 Å². The third kappa shape index (κ3) is 2.94. The van der Waals surface area contributed by atoms with E-state index < -0.39 is 0 Å². The molecule has 3 nitrogen and oxygen atoms in total. The van der Waals surface area contributed by atoms with E-state index in [4.69, 9.17) is 0 Å². The Bertz CT molecular complexity index is 330. The Morgan fingerprint density at radius 3 is 3.00 bits per heavy atom. The van der Waals surface area contributed by atoms with E-state index >= 15 is 0 Å². The topological polar surface area (TPSA) is 32.3 Å². The molecule has 1 N–H and O–H groups in total. The maximum Gasteiger partial charge on any atom is 0.224 e. The third-order valence-corrected chi connectivity index (χ3v) is 6.18. The SMILES string of the molecule is CC1CC2CCCCC2N1C(=O)CC1CSCCN1. The van der Waals surface area contributed by atoms with Gasteiger partial charge in [-0.1, -0.05) is 12.8 Å². The molecule has 3 rings (SSSR count). The van der Waals surface area contributed by atoms with Crippen molar-refractivity contribution in [3.63, 3.8) is 0 Å². The second-order valence-electron chi connectivity index (χ2n) is 6.43. The molecule has 4 heteroatoms. The number of carbonyl (C=O) groups excluding carboxylic acids is 1. The van der Waals surface area contributed by atoms with Crippen LogP contribution in [0.25, 0.3) is 0 Å². The Balaban J connectivity index is 1.61. The standard InChI is InChI=1S/C15H26N2OS/c1-11-8-12-4-2-3-5-14(12)17(11)15(18)9-13-10-19-7-6-16-13/h11-14,16H,2-10H2,1H3. The van der Waals surface area contributed by atoms with Crippen LogP contribution in [0.1, 0.15) is 45.4 Å². The van der Waals surface area contributed by atoms with Gasteiger partial charge in [0.2, 0.25) is 5.91 Å². The van der Waals surface area contributed by atoms with Gasteiger partial charge in [-0.05, 0) is 32.1 Å². The number of nitrogens with one attached hydrogen (secondary N) is 1. The highest BCUT2D eigenvalue weighted by molar-refractivity contribution is 7.99. The zero-order valence-corrected chi connectivity index (χ0v) is 12.8. The highest BCUT2D eigenvalue weighted by Crippen LogP contribution is 2.39. The number of nitrogens with zero attached hydrogens (tertiary/aromatic N) is 1. The Morgan fingerprint density at radius 2 is 2.21 bits per heavy atom. The quantitative estimate of drug-likeness (QED) is 0.843. The molecule has 0 aromatic carbocycles. The van der Waals surface area contributed by atoms with E-state index in [1.807, 2.05) is 11.8 Å². The van der Waals surface area contributed by atoms with Crippen LogP contribution in [0.15, 0.2) is 0 Å². The first-order valence-corrected chi connectivity index (χ1v) is 9.03. The van der Waals surface area contributed by atoms with E-state index in [1.165, 1.54) is 37.9 Å². The van der Waals surface area contributed by atoms with Gasteiger partial charge in [0.05, 0.1) is 0 Å². The van der Waals surface area contributed by atoms with Gasteiger partial charge in [-0.3, -0.25) is 4.79 Å². The molecule has 0 bridgehead atoms. The molecule has 2 aliphatic heterocycles. The lowest BCUT2D eigenvalue weighted by molar-refractivity contribution is -0.135. The lowest BCUT2D eigenvalue weighted by atomic mass is 9.85. The fourth-order valence-corrected chi connectivity index (χ4v) is 5.15. The van der Waals surface area contributed by atoms with Gasteiger partial charge in [-0.2, -0.15) is 11.8 Å². The highest BCUT2D eigenvalue weighted by Gasteiger charge is 2.42. The molecule has 1 saturated carbocycles. The number of carbonyl (C=O) groups is 1. The molecule has 1 aliphatic carbocycles. The summed E-state index contributed by atoms with van der Waals surface area (Å²) in [7, 11) is 0. The van der Waals surface area contributed by atoms with Gasteiger partial charge in [0.1, 0.15) is 0 Å². The number of hydrogen-bond donors (Lipinski definition) is 1. The van der Waals surface area contributed by atoms with Crippen LogP contribution in [-0.4, -0.2) is 47.0 Å². The smallest absolute Gasteiger partial charge is 0.224 e. The molecule has 1 amide bonds. The summed E-state index contributed by atoms with van der Waals surface area (Å²) in [6, 6.07) is 1.44. The Labute approximate surface area is 120 Å². The van der Waals surface area contributed by atoms with Crippen molar-refractivity contribution < 1.29 is 4.79 Å². The largest absolute Gasteiger partial charge is 0.337 e. The third-order valence-electron chi connectivity index (χ3n) is 5.05. The van der Waals surface area contributed by atoms with Gasteiger partial charge in [-0.25, -0.2) is 0 Å². The molecule has 3 fully saturated rings. The molecule has 0 radical (unpaired) electrons. The average Bonchev–Trinajstić information content (AvgIpc) is 2.75. The Hall–Kier alpha value is -0.220. The zero-order chi connectivity index (χ0) is 13.2. The van der Waals surface area contributed by atoms with E-state index in [0.29, 0.717) is 30.5 Å². The number of amides is 1. The average molecular weight is 282 g/mol. The van der Waals surface area contributed by atoms with Gasteiger partial charge in [0.15, 0.2) is 0 Å². The normalized spacial score (nSPS) is 39.1. The van der Waals surface area contributed by atoms with Crippen molar-refractivity contribution in [1.82, 2.24) is 10.2 Å². The number of fused-ring (bicyclic) bond motifs is 1. The van der Waals surface area contributed by atoms with Gasteiger partial charge in [-0.15, -0.1) is 0 Å². The summed E-state index contributed by atoms with van der Waals surface area (Å²) in [5.41, 5.74) is 0. The first-order valence-electron chi connectivity index (χ1n) is 7.88. The van der Waals surface area contributed by atoms with E-state index in [-0.39, 0.29) is 0 Å². The summed E-state index contributed by atoms with van der Waals surface area (Å²) in [6.45, 7) is 3.31. The highest BCUT2D eigenvalue weighted by atomic mass is 32.2. The van der Waals surface area contributed by atoms with Crippen LogP contribution in [0.5, 0.6) is 0 Å². The van der Waals surface area contributed by atoms with Crippen molar-refractivity contribution in [1.29, 1.82) is 0 Å². The van der Waals surface area contributed by atoms with Crippen LogP contribution in [0, 0.1) is 5.92 Å². The van der Waals surface area contributed by atoms with Crippen LogP contribution in [0.2, 0.25) is 0 Å². The van der Waals surface area contributed by atoms with E-state index in [0.717, 1.165) is 18.2 Å². The fraction of sp³-hybridized carbons (Fsp3) is 0.933. The molecule has 2 saturated heterocycles. The molecule has 0 aromatic heterocycles. The summed E-state index contributed by atoms with van der Waals surface area (Å²) in [6.07, 6.45) is 7.22. The van der Waals surface area contributed by atoms with E-state index in [1.54, 1.807) is 0 Å². The summed E-state index contributed by atoms with van der Waals surface area (Å²) in [5.74, 6) is 3.49. The van der Waals surface area contributed by atoms with Crippen molar-refractivity contribution in [2.24, 2.45) is 5.92 Å². The van der Waals surface area contributed by atoms with Crippen LogP contribution in [0.4, 0.5) is 0 Å². The van der Waals surface area contributed by atoms with Crippen LogP contribution < -0.4 is 5.32 Å². The molecule has 108 valence electrons. The number of thioether (sulfide) groups is 1. The maximum absolute atomic E-state index is 12.7. The predicted molar refractivity (Wildman–Crippen MR) is 80.4 cm³/mol. The molecule has 2 heterocycles. The van der Waals surface area contributed by atoms with Crippen LogP contribution in [0.3, 0.4) is 0 Å². The van der Waals surface area contributed by atoms with Crippen molar-refractivity contribution >= 4 is 17.7 Å². The lowest BCUT2D eigenvalue weighted by Crippen LogP contribution is -2.47. The molecular weight excluding hydrogens is 256 g/mol. The van der Waals surface area contributed by atoms with Gasteiger partial charge in [0.25, 0.3) is 0 Å². The van der Waals surface area contributed by atoms with E-state index in [2.05, 4.69) is 17.1 Å². The van der Waals surface area contributed by atoms with Crippen LogP contribution >= 0.6 is 11.8 Å². The van der Waals surface area contributed by atoms with Crippen molar-refractivity contribution in [3.8, 4) is 0 Å². The molecule has 4 atom stereocenters. The summed E-state index contributed by atoms with van der Waals surface area (Å²) in [5, 5.41) is 3.49. The van der Waals surface area contributed by atoms with Crippen molar-refractivity contribution in [2.45, 2.75) is 63.6 Å². The van der Waals surface area contributed by atoms with Crippen molar-refractivity contribution in [2.75, 3.05) is 18.1 Å². The first-order chi connectivity index (χ1) is 9.25. The second kappa shape index (κ2) is 6.04.